The van der Waals surface area contributed by atoms with Gasteiger partial charge in [0.25, 0.3) is 0 Å². The first-order chi connectivity index (χ1) is 10.0. The SMILES string of the molecule is C[N+](C)(CCCCCC[N+](C)(C)CCC(N)=O)CCC(N)=O. The maximum Gasteiger partial charge on any atom is 0.223 e. The maximum absolute atomic E-state index is 10.8. The van der Waals surface area contributed by atoms with Gasteiger partial charge in [-0.15, -0.1) is 0 Å². The Morgan fingerprint density at radius 3 is 1.23 bits per heavy atom. The van der Waals surface area contributed by atoms with Crippen molar-refractivity contribution in [1.29, 1.82) is 0 Å². The summed E-state index contributed by atoms with van der Waals surface area (Å²) in [6, 6.07) is 0. The average Bonchev–Trinajstić information content (AvgIpc) is 2.38. The fourth-order valence-electron chi connectivity index (χ4n) is 2.48. The molecule has 0 spiro atoms. The Bertz CT molecular complexity index is 320. The van der Waals surface area contributed by atoms with Crippen LogP contribution in [-0.2, 0) is 9.59 Å². The second-order valence-electron chi connectivity index (χ2n) is 7.61. The molecule has 6 nitrogen and oxygen atoms in total. The molecule has 0 atom stereocenters. The van der Waals surface area contributed by atoms with E-state index < -0.39 is 0 Å². The van der Waals surface area contributed by atoms with E-state index in [2.05, 4.69) is 28.2 Å². The molecular weight excluding hydrogens is 280 g/mol. The molecule has 4 N–H and O–H groups in total. The Labute approximate surface area is 135 Å². The van der Waals surface area contributed by atoms with E-state index in [0.29, 0.717) is 12.8 Å². The van der Waals surface area contributed by atoms with Crippen molar-refractivity contribution in [2.45, 2.75) is 38.5 Å². The summed E-state index contributed by atoms with van der Waals surface area (Å²) in [7, 11) is 8.58. The summed E-state index contributed by atoms with van der Waals surface area (Å²) in [5, 5.41) is 0. The molecule has 0 aromatic carbocycles. The summed E-state index contributed by atoms with van der Waals surface area (Å²) < 4.78 is 1.70. The van der Waals surface area contributed by atoms with Gasteiger partial charge in [0.15, 0.2) is 0 Å². The molecular formula is C16H36N4O2+2. The Kier molecular flexibility index (Phi) is 9.28. The van der Waals surface area contributed by atoms with E-state index in [1.165, 1.54) is 25.7 Å². The first kappa shape index (κ1) is 20.9. The van der Waals surface area contributed by atoms with E-state index in [1.54, 1.807) is 0 Å². The number of nitrogens with two attached hydrogens (primary N) is 2. The number of amides is 2. The molecule has 0 aromatic rings. The van der Waals surface area contributed by atoms with E-state index in [1.807, 2.05) is 0 Å². The van der Waals surface area contributed by atoms with Crippen molar-refractivity contribution >= 4 is 11.8 Å². The van der Waals surface area contributed by atoms with Gasteiger partial charge >= 0.3 is 0 Å². The molecule has 6 heteroatoms. The van der Waals surface area contributed by atoms with Gasteiger partial charge in [-0.3, -0.25) is 9.59 Å². The number of primary amides is 2. The van der Waals surface area contributed by atoms with E-state index in [0.717, 1.165) is 35.1 Å². The highest BCUT2D eigenvalue weighted by atomic mass is 16.1. The van der Waals surface area contributed by atoms with Gasteiger partial charge in [-0.05, 0) is 25.7 Å². The minimum atomic E-state index is -0.220. The largest absolute Gasteiger partial charge is 0.369 e. The summed E-state index contributed by atoms with van der Waals surface area (Å²) >= 11 is 0. The third kappa shape index (κ3) is 12.6. The highest BCUT2D eigenvalue weighted by molar-refractivity contribution is 5.74. The van der Waals surface area contributed by atoms with Crippen LogP contribution in [0.3, 0.4) is 0 Å². The minimum Gasteiger partial charge on any atom is -0.369 e. The van der Waals surface area contributed by atoms with Crippen LogP contribution in [0.25, 0.3) is 0 Å². The number of quaternary nitrogens is 2. The Balaban J connectivity index is 3.72. The van der Waals surface area contributed by atoms with Crippen LogP contribution in [0.5, 0.6) is 0 Å². The quantitative estimate of drug-likeness (QED) is 0.382. The van der Waals surface area contributed by atoms with Crippen LogP contribution in [0, 0.1) is 0 Å². The van der Waals surface area contributed by atoms with Gasteiger partial charge in [0.2, 0.25) is 11.8 Å². The number of carbonyl (C=O) groups excluding carboxylic acids is 2. The van der Waals surface area contributed by atoms with Gasteiger partial charge in [0.1, 0.15) is 0 Å². The van der Waals surface area contributed by atoms with Crippen molar-refractivity contribution in [3.8, 4) is 0 Å². The topological polar surface area (TPSA) is 86.2 Å². The lowest BCUT2D eigenvalue weighted by Gasteiger charge is -2.30. The Hall–Kier alpha value is -1.14. The molecule has 0 heterocycles. The zero-order valence-corrected chi connectivity index (χ0v) is 14.9. The van der Waals surface area contributed by atoms with Crippen LogP contribution < -0.4 is 11.5 Å². The number of carbonyl (C=O) groups is 2. The third-order valence-corrected chi connectivity index (χ3v) is 4.20. The molecule has 0 aromatic heterocycles. The van der Waals surface area contributed by atoms with Gasteiger partial charge in [0, 0.05) is 0 Å². The third-order valence-electron chi connectivity index (χ3n) is 4.20. The van der Waals surface area contributed by atoms with Gasteiger partial charge in [-0.25, -0.2) is 0 Å². The zero-order chi connectivity index (χ0) is 17.2. The minimum absolute atomic E-state index is 0.220. The highest BCUT2D eigenvalue weighted by Gasteiger charge is 2.17. The molecule has 0 aliphatic carbocycles. The monoisotopic (exact) mass is 316 g/mol. The van der Waals surface area contributed by atoms with Crippen LogP contribution >= 0.6 is 0 Å². The lowest BCUT2D eigenvalue weighted by molar-refractivity contribution is -0.890. The maximum atomic E-state index is 10.8. The number of hydrogen-bond acceptors (Lipinski definition) is 2. The molecule has 0 saturated heterocycles. The van der Waals surface area contributed by atoms with Crippen molar-refractivity contribution in [1.82, 2.24) is 0 Å². The second kappa shape index (κ2) is 9.79. The van der Waals surface area contributed by atoms with Gasteiger partial charge in [-0.2, -0.15) is 0 Å². The molecule has 0 rings (SSSR count). The van der Waals surface area contributed by atoms with E-state index >= 15 is 0 Å². The smallest absolute Gasteiger partial charge is 0.223 e. The van der Waals surface area contributed by atoms with Crippen LogP contribution in [-0.4, -0.2) is 75.2 Å². The fraction of sp³-hybridized carbons (Fsp3) is 0.875. The molecule has 130 valence electrons. The molecule has 0 radical (unpaired) electrons. The summed E-state index contributed by atoms with van der Waals surface area (Å²) in [5.74, 6) is -0.440. The number of hydrogen-bond donors (Lipinski definition) is 2. The van der Waals surface area contributed by atoms with E-state index in [4.69, 9.17) is 11.5 Å². The van der Waals surface area contributed by atoms with Gasteiger partial charge in [0.05, 0.1) is 67.2 Å². The Morgan fingerprint density at radius 1 is 0.636 bits per heavy atom. The Morgan fingerprint density at radius 2 is 0.955 bits per heavy atom. The van der Waals surface area contributed by atoms with Crippen molar-refractivity contribution in [2.75, 3.05) is 54.4 Å². The van der Waals surface area contributed by atoms with E-state index in [9.17, 15) is 9.59 Å². The van der Waals surface area contributed by atoms with Crippen molar-refractivity contribution in [3.05, 3.63) is 0 Å². The van der Waals surface area contributed by atoms with Gasteiger partial charge in [-0.1, -0.05) is 0 Å². The summed E-state index contributed by atoms with van der Waals surface area (Å²) in [5.41, 5.74) is 10.4. The van der Waals surface area contributed by atoms with Crippen LogP contribution in [0.2, 0.25) is 0 Å². The molecule has 22 heavy (non-hydrogen) atoms. The molecule has 2 amide bonds. The molecule has 0 unspecified atom stereocenters. The summed E-state index contributed by atoms with van der Waals surface area (Å²) in [4.78, 5) is 21.7. The number of rotatable bonds is 13. The predicted octanol–water partition coefficient (Wildman–Crippen LogP) is 0.450. The van der Waals surface area contributed by atoms with Gasteiger partial charge < -0.3 is 20.4 Å². The predicted molar refractivity (Wildman–Crippen MR) is 89.8 cm³/mol. The summed E-state index contributed by atoms with van der Waals surface area (Å²) in [6.45, 7) is 3.78. The normalized spacial score (nSPS) is 12.4. The second-order valence-corrected chi connectivity index (χ2v) is 7.61. The first-order valence-electron chi connectivity index (χ1n) is 8.25. The zero-order valence-electron chi connectivity index (χ0n) is 14.9. The van der Waals surface area contributed by atoms with Crippen molar-refractivity contribution in [2.24, 2.45) is 11.5 Å². The molecule has 0 aliphatic heterocycles. The van der Waals surface area contributed by atoms with Crippen LogP contribution in [0.15, 0.2) is 0 Å². The molecule has 0 fully saturated rings. The summed E-state index contributed by atoms with van der Waals surface area (Å²) in [6.07, 6.45) is 5.65. The fourth-order valence-corrected chi connectivity index (χ4v) is 2.48. The standard InChI is InChI=1S/C16H34N4O2/c1-19(2,13-9-15(17)21)11-7-5-6-8-12-20(3,4)14-10-16(18)22/h5-14H2,1-4H3,(H2-2,17,18,21,22)/p+2. The highest BCUT2D eigenvalue weighted by Crippen LogP contribution is 2.09. The van der Waals surface area contributed by atoms with Crippen molar-refractivity contribution in [3.63, 3.8) is 0 Å². The first-order valence-corrected chi connectivity index (χ1v) is 8.25. The van der Waals surface area contributed by atoms with Crippen LogP contribution in [0.4, 0.5) is 0 Å². The number of nitrogens with zero attached hydrogens (tertiary/aromatic N) is 2. The number of unbranched alkanes of at least 4 members (excludes halogenated alkanes) is 3. The molecule has 0 aliphatic rings. The van der Waals surface area contributed by atoms with E-state index in [-0.39, 0.29) is 11.8 Å². The lowest BCUT2D eigenvalue weighted by Crippen LogP contribution is -2.43. The molecule has 0 bridgehead atoms. The molecule has 0 saturated carbocycles. The average molecular weight is 316 g/mol. The van der Waals surface area contributed by atoms with Crippen molar-refractivity contribution < 1.29 is 18.6 Å². The lowest BCUT2D eigenvalue weighted by atomic mass is 10.1. The van der Waals surface area contributed by atoms with Crippen LogP contribution in [0.1, 0.15) is 38.5 Å².